The van der Waals surface area contributed by atoms with Gasteiger partial charge in [-0.25, -0.2) is 10.2 Å². The molecule has 8 nitrogen and oxygen atoms in total. The van der Waals surface area contributed by atoms with Crippen LogP contribution < -0.4 is 24.4 Å². The van der Waals surface area contributed by atoms with Crippen LogP contribution >= 0.6 is 0 Å². The molecular formula is C30H34N2O6. The molecule has 3 aromatic rings. The lowest BCUT2D eigenvalue weighted by Crippen LogP contribution is -2.25. The molecule has 0 aliphatic rings. The average Bonchev–Trinajstić information content (AvgIpc) is 2.89. The molecule has 8 heteroatoms. The van der Waals surface area contributed by atoms with Gasteiger partial charge in [-0.05, 0) is 91.9 Å². The zero-order chi connectivity index (χ0) is 27.5. The first-order chi connectivity index (χ1) is 18.3. The molecule has 3 rings (SSSR count). The van der Waals surface area contributed by atoms with Crippen molar-refractivity contribution in [1.82, 2.24) is 5.43 Å². The molecule has 0 bridgehead atoms. The minimum absolute atomic E-state index is 0.162. The number of benzene rings is 3. The zero-order valence-corrected chi connectivity index (χ0v) is 22.4. The van der Waals surface area contributed by atoms with Gasteiger partial charge in [0.1, 0.15) is 11.5 Å². The van der Waals surface area contributed by atoms with Crippen LogP contribution in [0.4, 0.5) is 0 Å². The van der Waals surface area contributed by atoms with Crippen LogP contribution in [0.15, 0.2) is 65.8 Å². The van der Waals surface area contributed by atoms with Crippen LogP contribution in [-0.4, -0.2) is 37.9 Å². The first kappa shape index (κ1) is 28.2. The molecular weight excluding hydrogens is 484 g/mol. The highest BCUT2D eigenvalue weighted by atomic mass is 16.6. The number of carbonyl (C=O) groups excluding carboxylic acids is 2. The minimum Gasteiger partial charge on any atom is -0.494 e. The quantitative estimate of drug-likeness (QED) is 0.144. The summed E-state index contributed by atoms with van der Waals surface area (Å²) >= 11 is 0. The molecule has 1 amide bonds. The van der Waals surface area contributed by atoms with E-state index >= 15 is 0 Å². The van der Waals surface area contributed by atoms with Crippen molar-refractivity contribution in [3.63, 3.8) is 0 Å². The number of nitrogens with zero attached hydrogens (tertiary/aromatic N) is 1. The van der Waals surface area contributed by atoms with Crippen molar-refractivity contribution in [2.45, 2.75) is 40.5 Å². The predicted octanol–water partition coefficient (Wildman–Crippen LogP) is 5.66. The van der Waals surface area contributed by atoms with Gasteiger partial charge in [0, 0.05) is 0 Å². The standard InChI is InChI=1S/C30H34N2O6/c1-6-35-24-12-10-23(11-13-24)30(34)38-26-15-9-22(17-28(26)36-7-2)18-31-32-29(33)19-37-27-16-21(5)8-14-25(27)20(3)4/h8-18,20H,6-7,19H2,1-5H3,(H,32,33). The summed E-state index contributed by atoms with van der Waals surface area (Å²) < 4.78 is 22.4. The van der Waals surface area contributed by atoms with Crippen LogP contribution in [0.25, 0.3) is 0 Å². The number of hydrogen-bond donors (Lipinski definition) is 1. The molecule has 0 atom stereocenters. The van der Waals surface area contributed by atoms with Gasteiger partial charge >= 0.3 is 5.97 Å². The molecule has 0 saturated carbocycles. The van der Waals surface area contributed by atoms with E-state index in [4.69, 9.17) is 18.9 Å². The zero-order valence-electron chi connectivity index (χ0n) is 22.4. The Labute approximate surface area is 223 Å². The fourth-order valence-corrected chi connectivity index (χ4v) is 3.57. The van der Waals surface area contributed by atoms with Crippen molar-refractivity contribution in [3.8, 4) is 23.0 Å². The fourth-order valence-electron chi connectivity index (χ4n) is 3.57. The van der Waals surface area contributed by atoms with E-state index in [1.165, 1.54) is 6.21 Å². The number of amides is 1. The van der Waals surface area contributed by atoms with E-state index in [2.05, 4.69) is 24.4 Å². The lowest BCUT2D eigenvalue weighted by Gasteiger charge is -2.14. The minimum atomic E-state index is -0.517. The van der Waals surface area contributed by atoms with Gasteiger partial charge in [0.25, 0.3) is 5.91 Å². The number of aryl methyl sites for hydroxylation is 1. The Balaban J connectivity index is 1.60. The Hall–Kier alpha value is -4.33. The normalized spacial score (nSPS) is 10.9. The molecule has 1 N–H and O–H groups in total. The van der Waals surface area contributed by atoms with Gasteiger partial charge in [0.05, 0.1) is 25.0 Å². The molecule has 0 aliphatic heterocycles. The Morgan fingerprint density at radius 2 is 1.61 bits per heavy atom. The SMILES string of the molecule is CCOc1ccc(C(=O)Oc2ccc(C=NNC(=O)COc3cc(C)ccc3C(C)C)cc2OCC)cc1. The molecule has 0 aliphatic carbocycles. The van der Waals surface area contributed by atoms with Gasteiger partial charge in [0.2, 0.25) is 0 Å². The molecule has 0 heterocycles. The molecule has 0 radical (unpaired) electrons. The van der Waals surface area contributed by atoms with Crippen LogP contribution in [-0.2, 0) is 4.79 Å². The maximum Gasteiger partial charge on any atom is 0.343 e. The van der Waals surface area contributed by atoms with Crippen molar-refractivity contribution in [2.75, 3.05) is 19.8 Å². The molecule has 38 heavy (non-hydrogen) atoms. The fraction of sp³-hybridized carbons (Fsp3) is 0.300. The van der Waals surface area contributed by atoms with Gasteiger partial charge in [-0.15, -0.1) is 0 Å². The van der Waals surface area contributed by atoms with Crippen LogP contribution in [0.5, 0.6) is 23.0 Å². The summed E-state index contributed by atoms with van der Waals surface area (Å²) in [5.74, 6) is 1.40. The summed E-state index contributed by atoms with van der Waals surface area (Å²) in [5.41, 5.74) is 5.60. The number of rotatable bonds is 12. The number of carbonyl (C=O) groups is 2. The maximum atomic E-state index is 12.6. The molecule has 0 fully saturated rings. The van der Waals surface area contributed by atoms with Crippen molar-refractivity contribution >= 4 is 18.1 Å². The van der Waals surface area contributed by atoms with Gasteiger partial charge in [0.15, 0.2) is 18.1 Å². The third-order valence-electron chi connectivity index (χ3n) is 5.42. The average molecular weight is 519 g/mol. The number of esters is 1. The largest absolute Gasteiger partial charge is 0.494 e. The van der Waals surface area contributed by atoms with E-state index in [1.54, 1.807) is 42.5 Å². The second kappa shape index (κ2) is 13.8. The molecule has 0 unspecified atom stereocenters. The Morgan fingerprint density at radius 1 is 0.868 bits per heavy atom. The summed E-state index contributed by atoms with van der Waals surface area (Å²) in [4.78, 5) is 24.9. The third kappa shape index (κ3) is 8.09. The highest BCUT2D eigenvalue weighted by Gasteiger charge is 2.14. The number of ether oxygens (including phenoxy) is 4. The smallest absolute Gasteiger partial charge is 0.343 e. The van der Waals surface area contributed by atoms with Gasteiger partial charge in [-0.3, -0.25) is 4.79 Å². The third-order valence-corrected chi connectivity index (χ3v) is 5.42. The van der Waals surface area contributed by atoms with E-state index in [0.717, 1.165) is 11.1 Å². The van der Waals surface area contributed by atoms with Crippen LogP contribution in [0.1, 0.15) is 60.7 Å². The molecule has 0 spiro atoms. The number of nitrogens with one attached hydrogen (secondary N) is 1. The van der Waals surface area contributed by atoms with E-state index in [0.29, 0.717) is 41.6 Å². The summed E-state index contributed by atoms with van der Waals surface area (Å²) in [6, 6.07) is 17.7. The lowest BCUT2D eigenvalue weighted by atomic mass is 10.0. The highest BCUT2D eigenvalue weighted by molar-refractivity contribution is 5.92. The first-order valence-corrected chi connectivity index (χ1v) is 12.6. The summed E-state index contributed by atoms with van der Waals surface area (Å²) in [6.45, 7) is 10.6. The van der Waals surface area contributed by atoms with Crippen LogP contribution in [0, 0.1) is 6.92 Å². The van der Waals surface area contributed by atoms with Crippen LogP contribution in [0.2, 0.25) is 0 Å². The summed E-state index contributed by atoms with van der Waals surface area (Å²) in [7, 11) is 0. The second-order valence-electron chi connectivity index (χ2n) is 8.76. The number of hydrazone groups is 1. The Bertz CT molecular complexity index is 1270. The van der Waals surface area contributed by atoms with E-state index in [1.807, 2.05) is 39.0 Å². The Kier molecular flexibility index (Phi) is 10.3. The topological polar surface area (TPSA) is 95.5 Å². The number of hydrogen-bond acceptors (Lipinski definition) is 7. The van der Waals surface area contributed by atoms with E-state index in [-0.39, 0.29) is 24.2 Å². The highest BCUT2D eigenvalue weighted by Crippen LogP contribution is 2.29. The Morgan fingerprint density at radius 3 is 2.29 bits per heavy atom. The van der Waals surface area contributed by atoms with Crippen molar-refractivity contribution in [3.05, 3.63) is 82.9 Å². The van der Waals surface area contributed by atoms with Crippen molar-refractivity contribution < 1.29 is 28.5 Å². The lowest BCUT2D eigenvalue weighted by molar-refractivity contribution is -0.123. The van der Waals surface area contributed by atoms with Gasteiger partial charge in [-0.1, -0.05) is 26.0 Å². The van der Waals surface area contributed by atoms with Crippen molar-refractivity contribution in [2.24, 2.45) is 5.10 Å². The molecule has 200 valence electrons. The molecule has 0 saturated heterocycles. The summed E-state index contributed by atoms with van der Waals surface area (Å²) in [6.07, 6.45) is 1.48. The van der Waals surface area contributed by atoms with Gasteiger partial charge < -0.3 is 18.9 Å². The predicted molar refractivity (Wildman–Crippen MR) is 147 cm³/mol. The first-order valence-electron chi connectivity index (χ1n) is 12.6. The van der Waals surface area contributed by atoms with E-state index < -0.39 is 5.97 Å². The van der Waals surface area contributed by atoms with E-state index in [9.17, 15) is 9.59 Å². The monoisotopic (exact) mass is 518 g/mol. The van der Waals surface area contributed by atoms with Gasteiger partial charge in [-0.2, -0.15) is 5.10 Å². The molecule has 0 aromatic heterocycles. The van der Waals surface area contributed by atoms with Crippen LogP contribution in [0.3, 0.4) is 0 Å². The summed E-state index contributed by atoms with van der Waals surface area (Å²) in [5, 5.41) is 4.01. The van der Waals surface area contributed by atoms with Crippen molar-refractivity contribution in [1.29, 1.82) is 0 Å². The molecule has 3 aromatic carbocycles. The maximum absolute atomic E-state index is 12.6. The second-order valence-corrected chi connectivity index (χ2v) is 8.76.